The Morgan fingerprint density at radius 2 is 0.857 bits per heavy atom. The summed E-state index contributed by atoms with van der Waals surface area (Å²) in [4.78, 5) is 0. The minimum absolute atomic E-state index is 1.23. The first-order valence-electron chi connectivity index (χ1n) is 9.43. The summed E-state index contributed by atoms with van der Waals surface area (Å²) in [5, 5.41) is 0. The van der Waals surface area contributed by atoms with Crippen molar-refractivity contribution in [3.05, 3.63) is 24.8 Å². The van der Waals surface area contributed by atoms with Crippen molar-refractivity contribution in [2.75, 3.05) is 0 Å². The maximum Gasteiger partial charge on any atom is -0.0353 e. The minimum atomic E-state index is 1.23. The zero-order chi connectivity index (χ0) is 18.9. The highest BCUT2D eigenvalue weighted by Crippen LogP contribution is 1.85. The number of allylic oxidation sites excluding steroid dienone is 3. The smallest absolute Gasteiger partial charge is 0.0353 e. The van der Waals surface area contributed by atoms with E-state index in [2.05, 4.69) is 46.4 Å². The van der Waals surface area contributed by atoms with Gasteiger partial charge in [0.25, 0.3) is 0 Å². The molecule has 0 atom stereocenters. The molecule has 0 rings (SSSR count). The van der Waals surface area contributed by atoms with Crippen LogP contribution in [0.2, 0.25) is 0 Å². The molecule has 0 bridgehead atoms. The van der Waals surface area contributed by atoms with Crippen LogP contribution in [0.4, 0.5) is 0 Å². The van der Waals surface area contributed by atoms with Crippen LogP contribution in [-0.4, -0.2) is 0 Å². The van der Waals surface area contributed by atoms with Crippen LogP contribution in [0.1, 0.15) is 116 Å². The van der Waals surface area contributed by atoms with Gasteiger partial charge in [0.05, 0.1) is 0 Å². The van der Waals surface area contributed by atoms with E-state index < -0.39 is 0 Å². The molecule has 21 heavy (non-hydrogen) atoms. The van der Waals surface area contributed by atoms with Crippen molar-refractivity contribution in [1.82, 2.24) is 0 Å². The molecule has 0 spiro atoms. The van der Waals surface area contributed by atoms with Gasteiger partial charge in [-0.1, -0.05) is 114 Å². The van der Waals surface area contributed by atoms with Crippen LogP contribution < -0.4 is 0 Å². The fraction of sp³-hybridized carbons (Fsp3) is 0.810. The summed E-state index contributed by atoms with van der Waals surface area (Å²) >= 11 is 0. The van der Waals surface area contributed by atoms with Crippen LogP contribution in [0.5, 0.6) is 0 Å². The zero-order valence-corrected chi connectivity index (χ0v) is 18.3. The van der Waals surface area contributed by atoms with Gasteiger partial charge in [-0.3, -0.25) is 0 Å². The lowest BCUT2D eigenvalue weighted by Crippen LogP contribution is -1.55. The molecule has 136 valence electrons. The van der Waals surface area contributed by atoms with Gasteiger partial charge in [-0.15, -0.1) is 6.58 Å². The van der Waals surface area contributed by atoms with Crippen molar-refractivity contribution < 1.29 is 0 Å². The Labute approximate surface area is 141 Å². The molecule has 0 heterocycles. The predicted octanol–water partition coefficient (Wildman–Crippen LogP) is 9.47. The van der Waals surface area contributed by atoms with E-state index in [-0.39, 0.29) is 0 Å². The second-order valence-corrected chi connectivity index (χ2v) is 2.77. The molecule has 0 fully saturated rings. The lowest BCUT2D eigenvalue weighted by atomic mass is 10.3. The van der Waals surface area contributed by atoms with E-state index in [0.29, 0.717) is 0 Å². The van der Waals surface area contributed by atoms with Crippen molar-refractivity contribution >= 4 is 0 Å². The van der Waals surface area contributed by atoms with Gasteiger partial charge in [-0.25, -0.2) is 0 Å². The Bertz CT molecular complexity index is 78.0. The number of hydrogen-bond donors (Lipinski definition) is 0. The lowest BCUT2D eigenvalue weighted by molar-refractivity contribution is 0.886. The number of rotatable bonds is 3. The summed E-state index contributed by atoms with van der Waals surface area (Å²) < 4.78 is 0. The molecule has 0 aliphatic carbocycles. The summed E-state index contributed by atoms with van der Waals surface area (Å²) in [5.41, 5.74) is 0. The highest BCUT2D eigenvalue weighted by molar-refractivity contribution is 4.75. The van der Waals surface area contributed by atoms with E-state index in [1.165, 1.54) is 25.7 Å². The summed E-state index contributed by atoms with van der Waals surface area (Å²) in [5.74, 6) is 0. The van der Waals surface area contributed by atoms with Crippen molar-refractivity contribution in [2.24, 2.45) is 0 Å². The normalized spacial score (nSPS) is 6.14. The van der Waals surface area contributed by atoms with E-state index in [1.807, 2.05) is 62.3 Å². The quantitative estimate of drug-likeness (QED) is 0.455. The first-order valence-corrected chi connectivity index (χ1v) is 9.43. The summed E-state index contributed by atoms with van der Waals surface area (Å²) in [6.07, 6.45) is 11.2. The molecule has 0 aromatic rings. The van der Waals surface area contributed by atoms with E-state index in [4.69, 9.17) is 0 Å². The van der Waals surface area contributed by atoms with Crippen LogP contribution in [0.15, 0.2) is 24.8 Å². The highest BCUT2D eigenvalue weighted by Gasteiger charge is 1.64. The van der Waals surface area contributed by atoms with Crippen molar-refractivity contribution in [1.29, 1.82) is 0 Å². The first kappa shape index (κ1) is 42.8. The Hall–Kier alpha value is -0.520. The van der Waals surface area contributed by atoms with Crippen molar-refractivity contribution in [3.63, 3.8) is 0 Å². The molecule has 0 saturated carbocycles. The molecule has 0 nitrogen and oxygen atoms in total. The first-order chi connectivity index (χ1) is 10.2. The topological polar surface area (TPSA) is 0 Å². The average Bonchev–Trinajstić information content (AvgIpc) is 2.61. The van der Waals surface area contributed by atoms with Gasteiger partial charge in [0, 0.05) is 0 Å². The van der Waals surface area contributed by atoms with Gasteiger partial charge in [-0.2, -0.15) is 0 Å². The van der Waals surface area contributed by atoms with Crippen molar-refractivity contribution in [3.8, 4) is 0 Å². The van der Waals surface area contributed by atoms with Crippen LogP contribution in [-0.2, 0) is 0 Å². The minimum Gasteiger partial charge on any atom is -0.103 e. The second-order valence-electron chi connectivity index (χ2n) is 2.77. The average molecular weight is 305 g/mol. The molecule has 0 heteroatoms. The molecule has 0 aliphatic rings. The number of hydrogen-bond acceptors (Lipinski definition) is 0. The van der Waals surface area contributed by atoms with E-state index in [0.717, 1.165) is 0 Å². The van der Waals surface area contributed by atoms with Gasteiger partial charge >= 0.3 is 0 Å². The van der Waals surface area contributed by atoms with E-state index in [9.17, 15) is 0 Å². The third kappa shape index (κ3) is 491. The van der Waals surface area contributed by atoms with Gasteiger partial charge in [0.2, 0.25) is 0 Å². The summed E-state index contributed by atoms with van der Waals surface area (Å²) in [6.45, 7) is 29.8. The zero-order valence-electron chi connectivity index (χ0n) is 18.3. The molecular weight excluding hydrogens is 252 g/mol. The molecule has 0 amide bonds. The molecule has 0 unspecified atom stereocenters. The fourth-order valence-electron chi connectivity index (χ4n) is 0.333. The standard InChI is InChI=1S/C6H12.C4H10.C3H6.4C2H6/c1-3-5-6-4-2;1-3-4-2;1-3-2;4*1-2/h3,5H,4,6H2,1-2H3;3-4H2,1-2H3;3H,1H2,2H3;4*1-2H3/b5-3-;;;;;;. The lowest BCUT2D eigenvalue weighted by Gasteiger charge is -1.76. The highest BCUT2D eigenvalue weighted by atomic mass is 13.7. The largest absolute Gasteiger partial charge is 0.103 e. The monoisotopic (exact) mass is 304 g/mol. The molecule has 0 radical (unpaired) electrons. The van der Waals surface area contributed by atoms with Crippen LogP contribution in [0.3, 0.4) is 0 Å². The third-order valence-corrected chi connectivity index (χ3v) is 1.19. The summed E-state index contributed by atoms with van der Waals surface area (Å²) in [7, 11) is 0. The maximum absolute atomic E-state index is 3.36. The molecule has 0 aliphatic heterocycles. The molecule has 0 N–H and O–H groups in total. The van der Waals surface area contributed by atoms with Gasteiger partial charge in [-0.05, 0) is 20.3 Å². The third-order valence-electron chi connectivity index (χ3n) is 1.19. The van der Waals surface area contributed by atoms with Gasteiger partial charge in [0.15, 0.2) is 0 Å². The van der Waals surface area contributed by atoms with Crippen molar-refractivity contribution in [2.45, 2.75) is 116 Å². The Balaban J connectivity index is -0.0000000233. The molecule has 0 saturated heterocycles. The van der Waals surface area contributed by atoms with Crippen LogP contribution in [0.25, 0.3) is 0 Å². The fourth-order valence-corrected chi connectivity index (χ4v) is 0.333. The van der Waals surface area contributed by atoms with Crippen LogP contribution >= 0.6 is 0 Å². The maximum atomic E-state index is 3.36. The molecule has 0 aromatic heterocycles. The molecular formula is C21H52. The SMILES string of the molecule is C/C=C\CCC.C=CC.CC.CC.CC.CC.CCCC. The predicted molar refractivity (Wildman–Crippen MR) is 112 cm³/mol. The van der Waals surface area contributed by atoms with Gasteiger partial charge in [0.1, 0.15) is 0 Å². The Kier molecular flexibility index (Phi) is 323. The van der Waals surface area contributed by atoms with Crippen LogP contribution in [0, 0.1) is 0 Å². The number of unbranched alkanes of at least 4 members (excludes halogenated alkanes) is 2. The Morgan fingerprint density at radius 1 is 0.619 bits per heavy atom. The molecule has 0 aromatic carbocycles. The summed E-state index contributed by atoms with van der Waals surface area (Å²) in [6, 6.07) is 0. The van der Waals surface area contributed by atoms with E-state index >= 15 is 0 Å². The van der Waals surface area contributed by atoms with E-state index in [1.54, 1.807) is 6.08 Å². The van der Waals surface area contributed by atoms with Gasteiger partial charge < -0.3 is 0 Å². The Morgan fingerprint density at radius 3 is 0.905 bits per heavy atom. The second kappa shape index (κ2) is 158.